The lowest BCUT2D eigenvalue weighted by Crippen LogP contribution is -2.28. The van der Waals surface area contributed by atoms with Crippen molar-refractivity contribution in [1.29, 1.82) is 0 Å². The van der Waals surface area contributed by atoms with E-state index in [-0.39, 0.29) is 30.5 Å². The summed E-state index contributed by atoms with van der Waals surface area (Å²) in [6.45, 7) is 0.231. The number of hydrogen-bond acceptors (Lipinski definition) is 3. The molecule has 0 aromatic heterocycles. The van der Waals surface area contributed by atoms with E-state index in [1.807, 2.05) is 0 Å². The molecular formula is C13H12BrF2NO3. The molecule has 0 bridgehead atoms. The lowest BCUT2D eigenvalue weighted by Gasteiger charge is -2.20. The fraction of sp³-hybridized carbons (Fsp3) is 0.385. The van der Waals surface area contributed by atoms with Gasteiger partial charge in [-0.05, 0) is 18.1 Å². The number of carbonyl (C=O) groups is 2. The monoisotopic (exact) mass is 347 g/mol. The van der Waals surface area contributed by atoms with Crippen molar-refractivity contribution in [2.24, 2.45) is 5.92 Å². The lowest BCUT2D eigenvalue weighted by molar-refractivity contribution is -0.117. The maximum Gasteiger partial charge on any atom is 0.343 e. The lowest BCUT2D eigenvalue weighted by atomic mass is 10.1. The van der Waals surface area contributed by atoms with Gasteiger partial charge < -0.3 is 9.64 Å². The van der Waals surface area contributed by atoms with Gasteiger partial charge in [-0.2, -0.15) is 0 Å². The summed E-state index contributed by atoms with van der Waals surface area (Å²) in [7, 11) is 1.07. The van der Waals surface area contributed by atoms with Crippen LogP contribution < -0.4 is 4.90 Å². The number of hydrogen-bond donors (Lipinski definition) is 0. The molecule has 1 aromatic carbocycles. The van der Waals surface area contributed by atoms with Gasteiger partial charge in [0.25, 0.3) is 0 Å². The fourth-order valence-electron chi connectivity index (χ4n) is 2.20. The molecule has 20 heavy (non-hydrogen) atoms. The maximum absolute atomic E-state index is 14.0. The highest BCUT2D eigenvalue weighted by Crippen LogP contribution is 2.33. The topological polar surface area (TPSA) is 46.6 Å². The highest BCUT2D eigenvalue weighted by atomic mass is 79.9. The maximum atomic E-state index is 14.0. The Kier molecular flexibility index (Phi) is 4.37. The van der Waals surface area contributed by atoms with Gasteiger partial charge in [0.1, 0.15) is 17.2 Å². The molecule has 4 nitrogen and oxygen atoms in total. The van der Waals surface area contributed by atoms with E-state index in [9.17, 15) is 18.4 Å². The predicted molar refractivity (Wildman–Crippen MR) is 72.0 cm³/mol. The summed E-state index contributed by atoms with van der Waals surface area (Å²) in [5, 5.41) is 0.569. The molecule has 0 spiro atoms. The van der Waals surface area contributed by atoms with Crippen molar-refractivity contribution in [2.45, 2.75) is 6.42 Å². The van der Waals surface area contributed by atoms with Crippen LogP contribution in [0.1, 0.15) is 16.8 Å². The summed E-state index contributed by atoms with van der Waals surface area (Å²) < 4.78 is 32.3. The largest absolute Gasteiger partial charge is 0.465 e. The number of carbonyl (C=O) groups excluding carboxylic acids is 2. The number of nitrogens with zero attached hydrogens (tertiary/aromatic N) is 1. The second kappa shape index (κ2) is 5.87. The van der Waals surface area contributed by atoms with E-state index in [4.69, 9.17) is 0 Å². The van der Waals surface area contributed by atoms with E-state index in [0.717, 1.165) is 24.1 Å². The predicted octanol–water partition coefficient (Wildman–Crippen LogP) is 2.50. The molecule has 1 aromatic rings. The third kappa shape index (κ3) is 2.54. The van der Waals surface area contributed by atoms with Gasteiger partial charge in [0.2, 0.25) is 5.91 Å². The first kappa shape index (κ1) is 14.9. The summed E-state index contributed by atoms with van der Waals surface area (Å²) in [5.41, 5.74) is -0.888. The van der Waals surface area contributed by atoms with Gasteiger partial charge in [-0.15, -0.1) is 0 Å². The number of rotatable bonds is 3. The molecule has 1 aliphatic heterocycles. The minimum Gasteiger partial charge on any atom is -0.465 e. The van der Waals surface area contributed by atoms with Crippen LogP contribution in [0.25, 0.3) is 0 Å². The third-order valence-electron chi connectivity index (χ3n) is 3.16. The molecule has 1 saturated heterocycles. The Balaban J connectivity index is 2.53. The molecule has 1 aliphatic rings. The van der Waals surface area contributed by atoms with E-state index in [0.29, 0.717) is 5.33 Å². The number of ether oxygens (including phenoxy) is 1. The highest BCUT2D eigenvalue weighted by molar-refractivity contribution is 9.09. The average molecular weight is 348 g/mol. The number of amides is 1. The number of anilines is 1. The van der Waals surface area contributed by atoms with Gasteiger partial charge in [0.05, 0.1) is 12.8 Å². The van der Waals surface area contributed by atoms with Crippen molar-refractivity contribution in [1.82, 2.24) is 0 Å². The standard InChI is InChI=1S/C13H12BrF2NO3/c1-20-13(19)11-8(15)2-3-9(16)12(11)17-6-7(5-14)4-10(17)18/h2-3,7H,4-6H2,1H3. The zero-order valence-corrected chi connectivity index (χ0v) is 12.2. The van der Waals surface area contributed by atoms with Crippen LogP contribution in [0, 0.1) is 17.6 Å². The van der Waals surface area contributed by atoms with Gasteiger partial charge in [-0.3, -0.25) is 4.79 Å². The summed E-state index contributed by atoms with van der Waals surface area (Å²) in [4.78, 5) is 24.7. The van der Waals surface area contributed by atoms with Crippen LogP contribution in [-0.2, 0) is 9.53 Å². The second-order valence-corrected chi connectivity index (χ2v) is 5.12. The van der Waals surface area contributed by atoms with Crippen LogP contribution in [0.3, 0.4) is 0 Å². The smallest absolute Gasteiger partial charge is 0.343 e. The van der Waals surface area contributed by atoms with E-state index in [2.05, 4.69) is 20.7 Å². The van der Waals surface area contributed by atoms with Crippen LogP contribution in [0.5, 0.6) is 0 Å². The van der Waals surface area contributed by atoms with Crippen LogP contribution in [0.2, 0.25) is 0 Å². The number of methoxy groups -OCH3 is 1. The Morgan fingerprint density at radius 3 is 2.65 bits per heavy atom. The van der Waals surface area contributed by atoms with Crippen molar-refractivity contribution in [3.8, 4) is 0 Å². The number of esters is 1. The normalized spacial score (nSPS) is 18.5. The Morgan fingerprint density at radius 1 is 1.45 bits per heavy atom. The molecule has 1 unspecified atom stereocenters. The van der Waals surface area contributed by atoms with E-state index in [1.54, 1.807) is 0 Å². The van der Waals surface area contributed by atoms with E-state index < -0.39 is 23.2 Å². The van der Waals surface area contributed by atoms with Crippen molar-refractivity contribution >= 4 is 33.5 Å². The van der Waals surface area contributed by atoms with Gasteiger partial charge in [-0.25, -0.2) is 13.6 Å². The van der Waals surface area contributed by atoms with Crippen LogP contribution in [0.15, 0.2) is 12.1 Å². The van der Waals surface area contributed by atoms with Crippen molar-refractivity contribution in [3.05, 3.63) is 29.3 Å². The molecule has 0 saturated carbocycles. The summed E-state index contributed by atoms with van der Waals surface area (Å²) in [6, 6.07) is 1.74. The molecule has 1 amide bonds. The fourth-order valence-corrected chi connectivity index (χ4v) is 2.64. The zero-order chi connectivity index (χ0) is 14.9. The molecule has 1 fully saturated rings. The summed E-state index contributed by atoms with van der Waals surface area (Å²) in [5.74, 6) is -3.09. The van der Waals surface area contributed by atoms with E-state index >= 15 is 0 Å². The Hall–Kier alpha value is -1.50. The highest BCUT2D eigenvalue weighted by Gasteiger charge is 2.35. The third-order valence-corrected chi connectivity index (χ3v) is 4.08. The second-order valence-electron chi connectivity index (χ2n) is 4.47. The minimum absolute atomic E-state index is 0.00401. The van der Waals surface area contributed by atoms with Crippen molar-refractivity contribution in [3.63, 3.8) is 0 Å². The first-order valence-electron chi connectivity index (χ1n) is 5.92. The van der Waals surface area contributed by atoms with Gasteiger partial charge in [-0.1, -0.05) is 15.9 Å². The number of benzene rings is 1. The molecule has 0 radical (unpaired) electrons. The summed E-state index contributed by atoms with van der Waals surface area (Å²) in [6.07, 6.45) is 0.224. The van der Waals surface area contributed by atoms with E-state index in [1.165, 1.54) is 0 Å². The molecule has 0 N–H and O–H groups in total. The van der Waals surface area contributed by atoms with Gasteiger partial charge >= 0.3 is 5.97 Å². The van der Waals surface area contributed by atoms with Crippen LogP contribution in [0.4, 0.5) is 14.5 Å². The van der Waals surface area contributed by atoms with Gasteiger partial charge in [0, 0.05) is 18.3 Å². The number of halogens is 3. The Morgan fingerprint density at radius 2 is 2.10 bits per heavy atom. The first-order valence-corrected chi connectivity index (χ1v) is 7.04. The van der Waals surface area contributed by atoms with Gasteiger partial charge in [0.15, 0.2) is 0 Å². The zero-order valence-electron chi connectivity index (χ0n) is 10.7. The molecule has 108 valence electrons. The molecule has 7 heteroatoms. The summed E-state index contributed by atoms with van der Waals surface area (Å²) >= 11 is 3.26. The number of alkyl halides is 1. The molecular weight excluding hydrogens is 336 g/mol. The average Bonchev–Trinajstić information content (AvgIpc) is 2.81. The molecule has 1 heterocycles. The molecule has 2 rings (SSSR count). The van der Waals surface area contributed by atoms with Crippen molar-refractivity contribution in [2.75, 3.05) is 23.9 Å². The van der Waals surface area contributed by atoms with Crippen LogP contribution in [-0.4, -0.2) is 30.9 Å². The minimum atomic E-state index is -1.01. The Bertz CT molecular complexity index is 565. The molecule has 1 atom stereocenters. The Labute approximate surface area is 122 Å². The first-order chi connectivity index (χ1) is 9.49. The SMILES string of the molecule is COC(=O)c1c(F)ccc(F)c1N1CC(CBr)CC1=O. The van der Waals surface area contributed by atoms with Crippen LogP contribution >= 0.6 is 15.9 Å². The van der Waals surface area contributed by atoms with Crippen molar-refractivity contribution < 1.29 is 23.1 Å². The molecule has 0 aliphatic carbocycles. The quantitative estimate of drug-likeness (QED) is 0.623.